The van der Waals surface area contributed by atoms with Gasteiger partial charge in [-0.3, -0.25) is 4.79 Å². The third-order valence-electron chi connectivity index (χ3n) is 3.82. The third-order valence-corrected chi connectivity index (χ3v) is 3.82. The molecule has 0 spiro atoms. The van der Waals surface area contributed by atoms with Crippen LogP contribution in [-0.4, -0.2) is 38.3 Å². The number of carbonyl (C=O) groups excluding carboxylic acids is 1. The maximum Gasteiger partial charge on any atom is 0.203 e. The number of allylic oxidation sites excluding steroid dienone is 1. The molecule has 1 unspecified atom stereocenters. The maximum atomic E-state index is 11.4. The lowest BCUT2D eigenvalue weighted by Crippen LogP contribution is -2.21. The summed E-state index contributed by atoms with van der Waals surface area (Å²) in [6, 6.07) is 3.61. The molecule has 0 aliphatic carbocycles. The minimum Gasteiger partial charge on any atom is -0.493 e. The molecule has 0 bridgehead atoms. The minimum atomic E-state index is -0.993. The molecule has 0 saturated carbocycles. The quantitative estimate of drug-likeness (QED) is 0.524. The maximum absolute atomic E-state index is 11.4. The van der Waals surface area contributed by atoms with Crippen LogP contribution < -0.4 is 14.2 Å². The van der Waals surface area contributed by atoms with Gasteiger partial charge in [0, 0.05) is 6.42 Å². The summed E-state index contributed by atoms with van der Waals surface area (Å²) in [5.74, 6) is 1.58. The Morgan fingerprint density at radius 2 is 1.75 bits per heavy atom. The summed E-state index contributed by atoms with van der Waals surface area (Å²) >= 11 is 0. The highest BCUT2D eigenvalue weighted by atomic mass is 16.5. The first-order chi connectivity index (χ1) is 11.4. The first kappa shape index (κ1) is 20.0. The number of hydrogen-bond donors (Lipinski definition) is 1. The highest BCUT2D eigenvalue weighted by Crippen LogP contribution is 2.38. The Morgan fingerprint density at radius 1 is 1.17 bits per heavy atom. The molecule has 0 aliphatic heterocycles. The second-order valence-electron chi connectivity index (χ2n) is 6.01. The molecule has 0 amide bonds. The van der Waals surface area contributed by atoms with Crippen LogP contribution in [0, 0.1) is 0 Å². The molecular formula is C19H28O5. The van der Waals surface area contributed by atoms with E-state index in [4.69, 9.17) is 14.2 Å². The molecule has 5 nitrogen and oxygen atoms in total. The van der Waals surface area contributed by atoms with Crippen molar-refractivity contribution < 1.29 is 24.1 Å². The zero-order chi connectivity index (χ0) is 18.2. The van der Waals surface area contributed by atoms with E-state index >= 15 is 0 Å². The van der Waals surface area contributed by atoms with Crippen molar-refractivity contribution in [1.82, 2.24) is 0 Å². The van der Waals surface area contributed by atoms with Crippen LogP contribution in [0.5, 0.6) is 17.2 Å². The summed E-state index contributed by atoms with van der Waals surface area (Å²) in [5, 5.41) is 10.4. The molecule has 5 heteroatoms. The lowest BCUT2D eigenvalue weighted by atomic mass is 9.94. The molecule has 24 heavy (non-hydrogen) atoms. The number of benzene rings is 1. The summed E-state index contributed by atoms with van der Waals surface area (Å²) in [6.45, 7) is 3.79. The summed E-state index contributed by atoms with van der Waals surface area (Å²) in [4.78, 5) is 11.4. The van der Waals surface area contributed by atoms with Crippen LogP contribution in [0.1, 0.15) is 38.7 Å². The summed E-state index contributed by atoms with van der Waals surface area (Å²) in [7, 11) is 4.64. The van der Waals surface area contributed by atoms with Crippen molar-refractivity contribution in [2.24, 2.45) is 0 Å². The van der Waals surface area contributed by atoms with Crippen LogP contribution in [0.3, 0.4) is 0 Å². The average Bonchev–Trinajstić information content (AvgIpc) is 2.58. The SMILES string of the molecule is CCCCC(C)(O)/C=C(\C=O)Cc1cc(OC)c(OC)c(OC)c1. The number of aldehydes is 1. The van der Waals surface area contributed by atoms with E-state index in [0.717, 1.165) is 24.7 Å². The fraction of sp³-hybridized carbons (Fsp3) is 0.526. The molecule has 0 saturated heterocycles. The van der Waals surface area contributed by atoms with E-state index in [1.54, 1.807) is 46.5 Å². The Hall–Kier alpha value is -2.01. The Morgan fingerprint density at radius 3 is 2.17 bits per heavy atom. The third kappa shape index (κ3) is 5.57. The van der Waals surface area contributed by atoms with E-state index in [0.29, 0.717) is 35.7 Å². The van der Waals surface area contributed by atoms with Crippen molar-refractivity contribution in [2.75, 3.05) is 21.3 Å². The van der Waals surface area contributed by atoms with Crippen molar-refractivity contribution in [3.63, 3.8) is 0 Å². The zero-order valence-electron chi connectivity index (χ0n) is 15.2. The van der Waals surface area contributed by atoms with Gasteiger partial charge >= 0.3 is 0 Å². The lowest BCUT2D eigenvalue weighted by molar-refractivity contribution is -0.105. The van der Waals surface area contributed by atoms with Crippen molar-refractivity contribution >= 4 is 6.29 Å². The van der Waals surface area contributed by atoms with Gasteiger partial charge < -0.3 is 19.3 Å². The highest BCUT2D eigenvalue weighted by molar-refractivity contribution is 5.74. The second-order valence-corrected chi connectivity index (χ2v) is 6.01. The van der Waals surface area contributed by atoms with E-state index in [2.05, 4.69) is 6.92 Å². The van der Waals surface area contributed by atoms with E-state index in [1.807, 2.05) is 0 Å². The predicted octanol–water partition coefficient (Wildman–Crippen LogP) is 3.32. The Kier molecular flexibility index (Phi) is 7.79. The molecule has 134 valence electrons. The molecule has 1 aromatic rings. The fourth-order valence-corrected chi connectivity index (χ4v) is 2.61. The normalized spacial score (nSPS) is 14.0. The van der Waals surface area contributed by atoms with Gasteiger partial charge in [0.25, 0.3) is 0 Å². The summed E-state index contributed by atoms with van der Waals surface area (Å²) < 4.78 is 15.9. The van der Waals surface area contributed by atoms with Gasteiger partial charge in [0.2, 0.25) is 5.75 Å². The van der Waals surface area contributed by atoms with Crippen LogP contribution >= 0.6 is 0 Å². The lowest BCUT2D eigenvalue weighted by Gasteiger charge is -2.20. The standard InChI is InChI=1S/C19H28O5/c1-6-7-8-19(2,21)12-15(13-20)9-14-10-16(22-3)18(24-5)17(11-14)23-4/h10-13,21H,6-9H2,1-5H3/b15-12-. The number of unbranched alkanes of at least 4 members (excludes halogenated alkanes) is 1. The monoisotopic (exact) mass is 336 g/mol. The van der Waals surface area contributed by atoms with Gasteiger partial charge in [-0.15, -0.1) is 0 Å². The second kappa shape index (κ2) is 9.33. The number of methoxy groups -OCH3 is 3. The Balaban J connectivity index is 3.11. The number of aliphatic hydroxyl groups is 1. The van der Waals surface area contributed by atoms with E-state index in [-0.39, 0.29) is 0 Å². The van der Waals surface area contributed by atoms with Crippen LogP contribution in [0.15, 0.2) is 23.8 Å². The average molecular weight is 336 g/mol. The summed E-state index contributed by atoms with van der Waals surface area (Å²) in [5.41, 5.74) is 0.368. The Labute approximate surface area is 144 Å². The molecule has 1 atom stereocenters. The fourth-order valence-electron chi connectivity index (χ4n) is 2.61. The van der Waals surface area contributed by atoms with Gasteiger partial charge in [-0.2, -0.15) is 0 Å². The van der Waals surface area contributed by atoms with Crippen molar-refractivity contribution in [1.29, 1.82) is 0 Å². The minimum absolute atomic E-state index is 0.377. The topological polar surface area (TPSA) is 65.0 Å². The number of carbonyl (C=O) groups is 1. The van der Waals surface area contributed by atoms with E-state index in [1.165, 1.54) is 0 Å². The predicted molar refractivity (Wildman–Crippen MR) is 94.1 cm³/mol. The van der Waals surface area contributed by atoms with Crippen LogP contribution in [-0.2, 0) is 11.2 Å². The zero-order valence-corrected chi connectivity index (χ0v) is 15.2. The highest BCUT2D eigenvalue weighted by Gasteiger charge is 2.19. The van der Waals surface area contributed by atoms with Crippen LogP contribution in [0.25, 0.3) is 0 Å². The molecule has 0 aromatic heterocycles. The number of ether oxygens (including phenoxy) is 3. The van der Waals surface area contributed by atoms with Gasteiger partial charge in [0.05, 0.1) is 26.9 Å². The van der Waals surface area contributed by atoms with Crippen LogP contribution in [0.2, 0.25) is 0 Å². The van der Waals surface area contributed by atoms with Gasteiger partial charge in [-0.05, 0) is 42.7 Å². The van der Waals surface area contributed by atoms with Crippen molar-refractivity contribution in [2.45, 2.75) is 45.1 Å². The first-order valence-corrected chi connectivity index (χ1v) is 8.08. The molecule has 1 rings (SSSR count). The van der Waals surface area contributed by atoms with Crippen LogP contribution in [0.4, 0.5) is 0 Å². The largest absolute Gasteiger partial charge is 0.493 e. The molecule has 0 fully saturated rings. The number of rotatable bonds is 10. The molecular weight excluding hydrogens is 308 g/mol. The van der Waals surface area contributed by atoms with Crippen molar-refractivity contribution in [3.05, 3.63) is 29.3 Å². The molecule has 0 heterocycles. The molecule has 1 aromatic carbocycles. The number of hydrogen-bond acceptors (Lipinski definition) is 5. The smallest absolute Gasteiger partial charge is 0.203 e. The van der Waals surface area contributed by atoms with Gasteiger partial charge in [0.15, 0.2) is 11.5 Å². The molecule has 1 N–H and O–H groups in total. The molecule has 0 radical (unpaired) electrons. The van der Waals surface area contributed by atoms with Gasteiger partial charge in [0.1, 0.15) is 6.29 Å². The summed E-state index contributed by atoms with van der Waals surface area (Å²) in [6.07, 6.45) is 5.31. The first-order valence-electron chi connectivity index (χ1n) is 8.08. The molecule has 0 aliphatic rings. The van der Waals surface area contributed by atoms with E-state index < -0.39 is 5.60 Å². The van der Waals surface area contributed by atoms with Gasteiger partial charge in [-0.25, -0.2) is 0 Å². The van der Waals surface area contributed by atoms with Gasteiger partial charge in [-0.1, -0.05) is 19.8 Å². The van der Waals surface area contributed by atoms with Crippen molar-refractivity contribution in [3.8, 4) is 17.2 Å². The van der Waals surface area contributed by atoms with E-state index in [9.17, 15) is 9.90 Å². The Bertz CT molecular complexity index is 550.